The molecular formula is C15H19ClN2O4S. The van der Waals surface area contributed by atoms with Gasteiger partial charge >= 0.3 is 5.97 Å². The van der Waals surface area contributed by atoms with Gasteiger partial charge in [-0.05, 0) is 30.9 Å². The van der Waals surface area contributed by atoms with Crippen LogP contribution in [0.4, 0.5) is 0 Å². The number of benzene rings is 1. The molecule has 126 valence electrons. The Morgan fingerprint density at radius 3 is 2.61 bits per heavy atom. The lowest BCUT2D eigenvalue weighted by molar-refractivity contribution is -0.127. The molecule has 0 aromatic heterocycles. The van der Waals surface area contributed by atoms with E-state index in [0.29, 0.717) is 6.54 Å². The number of thioether (sulfide) groups is 1. The SMILES string of the molecule is CCCNC(=O)CNC(=O)COC(=O)c1cc(SC)ccc1Cl. The summed E-state index contributed by atoms with van der Waals surface area (Å²) in [5.74, 6) is -1.53. The molecule has 0 aliphatic rings. The maximum atomic E-state index is 11.9. The molecule has 0 saturated heterocycles. The summed E-state index contributed by atoms with van der Waals surface area (Å²) in [5, 5.41) is 5.24. The second kappa shape index (κ2) is 10.1. The van der Waals surface area contributed by atoms with Crippen LogP contribution in [-0.2, 0) is 14.3 Å². The molecule has 2 amide bonds. The molecule has 0 heterocycles. The normalized spacial score (nSPS) is 10.0. The molecule has 1 aromatic rings. The molecular weight excluding hydrogens is 340 g/mol. The van der Waals surface area contributed by atoms with Crippen molar-refractivity contribution in [1.82, 2.24) is 10.6 Å². The van der Waals surface area contributed by atoms with Gasteiger partial charge in [-0.1, -0.05) is 18.5 Å². The van der Waals surface area contributed by atoms with Gasteiger partial charge in [0.05, 0.1) is 17.1 Å². The predicted octanol–water partition coefficient (Wildman–Crippen LogP) is 1.86. The van der Waals surface area contributed by atoms with Crippen LogP contribution in [0, 0.1) is 0 Å². The molecule has 0 aliphatic heterocycles. The largest absolute Gasteiger partial charge is 0.452 e. The predicted molar refractivity (Wildman–Crippen MR) is 89.8 cm³/mol. The number of halogens is 1. The van der Waals surface area contributed by atoms with Crippen molar-refractivity contribution < 1.29 is 19.1 Å². The molecule has 0 saturated carbocycles. The van der Waals surface area contributed by atoms with Gasteiger partial charge in [0.25, 0.3) is 5.91 Å². The van der Waals surface area contributed by atoms with E-state index in [0.717, 1.165) is 11.3 Å². The summed E-state index contributed by atoms with van der Waals surface area (Å²) in [7, 11) is 0. The highest BCUT2D eigenvalue weighted by Gasteiger charge is 2.15. The number of esters is 1. The Kier molecular flexibility index (Phi) is 8.50. The molecule has 6 nitrogen and oxygen atoms in total. The van der Waals surface area contributed by atoms with Crippen molar-refractivity contribution in [3.8, 4) is 0 Å². The van der Waals surface area contributed by atoms with E-state index in [4.69, 9.17) is 16.3 Å². The lowest BCUT2D eigenvalue weighted by Crippen LogP contribution is -2.38. The van der Waals surface area contributed by atoms with E-state index < -0.39 is 18.5 Å². The molecule has 0 aliphatic carbocycles. The standard InChI is InChI=1S/C15H19ClN2O4S/c1-3-6-17-13(19)8-18-14(20)9-22-15(21)11-7-10(23-2)4-5-12(11)16/h4-5,7H,3,6,8-9H2,1-2H3,(H,17,19)(H,18,20). The fraction of sp³-hybridized carbons (Fsp3) is 0.400. The van der Waals surface area contributed by atoms with Gasteiger partial charge in [0, 0.05) is 11.4 Å². The first-order valence-electron chi connectivity index (χ1n) is 7.02. The Morgan fingerprint density at radius 1 is 1.22 bits per heavy atom. The minimum Gasteiger partial charge on any atom is -0.452 e. The lowest BCUT2D eigenvalue weighted by Gasteiger charge is -2.08. The molecule has 1 rings (SSSR count). The van der Waals surface area contributed by atoms with Crippen LogP contribution in [0.3, 0.4) is 0 Å². The fourth-order valence-electron chi connectivity index (χ4n) is 1.55. The maximum Gasteiger partial charge on any atom is 0.340 e. The number of carbonyl (C=O) groups is 3. The summed E-state index contributed by atoms with van der Waals surface area (Å²) in [4.78, 5) is 35.7. The number of hydrogen-bond acceptors (Lipinski definition) is 5. The minimum atomic E-state index is -0.684. The molecule has 1 aromatic carbocycles. The van der Waals surface area contributed by atoms with E-state index in [-0.39, 0.29) is 23.0 Å². The molecule has 8 heteroatoms. The molecule has 0 radical (unpaired) electrons. The smallest absolute Gasteiger partial charge is 0.340 e. The van der Waals surface area contributed by atoms with Gasteiger partial charge in [-0.25, -0.2) is 4.79 Å². The summed E-state index contributed by atoms with van der Waals surface area (Å²) in [6.45, 7) is 1.85. The molecule has 0 unspecified atom stereocenters. The van der Waals surface area contributed by atoms with Crippen LogP contribution in [0.1, 0.15) is 23.7 Å². The quantitative estimate of drug-likeness (QED) is 0.547. The third kappa shape index (κ3) is 6.92. The second-order valence-electron chi connectivity index (χ2n) is 4.55. The fourth-order valence-corrected chi connectivity index (χ4v) is 2.19. The number of nitrogens with one attached hydrogen (secondary N) is 2. The Bertz CT molecular complexity index is 581. The second-order valence-corrected chi connectivity index (χ2v) is 5.84. The van der Waals surface area contributed by atoms with Crippen molar-refractivity contribution in [1.29, 1.82) is 0 Å². The van der Waals surface area contributed by atoms with Gasteiger partial charge in [0.15, 0.2) is 6.61 Å². The van der Waals surface area contributed by atoms with E-state index in [2.05, 4.69) is 10.6 Å². The first-order valence-corrected chi connectivity index (χ1v) is 8.62. The minimum absolute atomic E-state index is 0.154. The van der Waals surface area contributed by atoms with Gasteiger partial charge in [-0.3, -0.25) is 9.59 Å². The summed E-state index contributed by atoms with van der Waals surface area (Å²) >= 11 is 7.41. The van der Waals surface area contributed by atoms with Crippen molar-refractivity contribution in [3.05, 3.63) is 28.8 Å². The Labute approximate surface area is 144 Å². The van der Waals surface area contributed by atoms with E-state index in [1.807, 2.05) is 13.2 Å². The molecule has 0 fully saturated rings. The average Bonchev–Trinajstić information content (AvgIpc) is 2.56. The van der Waals surface area contributed by atoms with Gasteiger partial charge < -0.3 is 15.4 Å². The third-order valence-corrected chi connectivity index (χ3v) is 3.80. The average molecular weight is 359 g/mol. The van der Waals surface area contributed by atoms with Crippen LogP contribution in [0.15, 0.2) is 23.1 Å². The van der Waals surface area contributed by atoms with Crippen LogP contribution in [0.5, 0.6) is 0 Å². The van der Waals surface area contributed by atoms with Crippen LogP contribution in [-0.4, -0.2) is 43.7 Å². The topological polar surface area (TPSA) is 84.5 Å². The van der Waals surface area contributed by atoms with E-state index >= 15 is 0 Å². The van der Waals surface area contributed by atoms with Gasteiger partial charge in [0.1, 0.15) is 0 Å². The number of hydrogen-bond donors (Lipinski definition) is 2. The highest BCUT2D eigenvalue weighted by molar-refractivity contribution is 7.98. The number of ether oxygens (including phenoxy) is 1. The van der Waals surface area contributed by atoms with Gasteiger partial charge in [-0.15, -0.1) is 11.8 Å². The van der Waals surface area contributed by atoms with Gasteiger partial charge in [0.2, 0.25) is 5.91 Å². The monoisotopic (exact) mass is 358 g/mol. The molecule has 0 spiro atoms. The summed E-state index contributed by atoms with van der Waals surface area (Å²) in [6, 6.07) is 4.99. The zero-order chi connectivity index (χ0) is 17.2. The zero-order valence-electron chi connectivity index (χ0n) is 13.0. The van der Waals surface area contributed by atoms with Crippen molar-refractivity contribution in [2.45, 2.75) is 18.2 Å². The lowest BCUT2D eigenvalue weighted by atomic mass is 10.2. The number of rotatable bonds is 8. The molecule has 0 atom stereocenters. The first-order chi connectivity index (χ1) is 11.0. The third-order valence-electron chi connectivity index (χ3n) is 2.75. The van der Waals surface area contributed by atoms with Crippen molar-refractivity contribution in [2.24, 2.45) is 0 Å². The maximum absolute atomic E-state index is 11.9. The van der Waals surface area contributed by atoms with Crippen LogP contribution < -0.4 is 10.6 Å². The first kappa shape index (κ1) is 19.3. The zero-order valence-corrected chi connectivity index (χ0v) is 14.6. The van der Waals surface area contributed by atoms with Crippen molar-refractivity contribution in [3.63, 3.8) is 0 Å². The van der Waals surface area contributed by atoms with E-state index in [9.17, 15) is 14.4 Å². The van der Waals surface area contributed by atoms with Crippen LogP contribution >= 0.6 is 23.4 Å². The highest BCUT2D eigenvalue weighted by atomic mass is 35.5. The van der Waals surface area contributed by atoms with Crippen LogP contribution in [0.25, 0.3) is 0 Å². The van der Waals surface area contributed by atoms with Crippen molar-refractivity contribution in [2.75, 3.05) is 26.0 Å². The molecule has 23 heavy (non-hydrogen) atoms. The summed E-state index contributed by atoms with van der Waals surface area (Å²) in [5.41, 5.74) is 0.201. The van der Waals surface area contributed by atoms with Crippen LogP contribution in [0.2, 0.25) is 5.02 Å². The molecule has 2 N–H and O–H groups in total. The molecule has 0 bridgehead atoms. The number of amides is 2. The van der Waals surface area contributed by atoms with Crippen molar-refractivity contribution >= 4 is 41.1 Å². The highest BCUT2D eigenvalue weighted by Crippen LogP contribution is 2.23. The Balaban J connectivity index is 2.44. The summed E-state index contributed by atoms with van der Waals surface area (Å²) < 4.78 is 4.91. The van der Waals surface area contributed by atoms with E-state index in [1.165, 1.54) is 11.8 Å². The number of carbonyl (C=O) groups excluding carboxylic acids is 3. The summed E-state index contributed by atoms with van der Waals surface area (Å²) in [6.07, 6.45) is 2.68. The van der Waals surface area contributed by atoms with Gasteiger partial charge in [-0.2, -0.15) is 0 Å². The van der Waals surface area contributed by atoms with E-state index in [1.54, 1.807) is 18.2 Å². The Hall–Kier alpha value is -1.73. The Morgan fingerprint density at radius 2 is 1.96 bits per heavy atom.